The first kappa shape index (κ1) is 23.3. The predicted octanol–water partition coefficient (Wildman–Crippen LogP) is 4.10. The molecule has 32 heavy (non-hydrogen) atoms. The first-order chi connectivity index (χ1) is 15.3. The van der Waals surface area contributed by atoms with Crippen molar-refractivity contribution < 1.29 is 18.0 Å². The van der Waals surface area contributed by atoms with Gasteiger partial charge >= 0.3 is 0 Å². The molecular weight excluding hydrogens is 450 g/mol. The number of hydrogen-bond acceptors (Lipinski definition) is 4. The molecule has 0 spiro atoms. The standard InChI is InChI=1S/C23H22ClN3O4S/c1-16(17-8-3-2-4-9-17)14-22(28)25-26-23(29)18-10-7-11-19(15-18)32(30,31)27-21-13-6-5-12-20(21)24/h2-13,15-16,27H,14H2,1H3,(H,25,28)(H,26,29). The molecule has 0 heterocycles. The Kier molecular flexibility index (Phi) is 7.50. The van der Waals surface area contributed by atoms with Crippen LogP contribution in [0, 0.1) is 0 Å². The van der Waals surface area contributed by atoms with Gasteiger partial charge in [-0.2, -0.15) is 0 Å². The van der Waals surface area contributed by atoms with Gasteiger partial charge in [0.25, 0.3) is 15.9 Å². The third-order valence-corrected chi connectivity index (χ3v) is 6.39. The van der Waals surface area contributed by atoms with Gasteiger partial charge in [-0.1, -0.05) is 67.1 Å². The summed E-state index contributed by atoms with van der Waals surface area (Å²) in [6.45, 7) is 1.91. The van der Waals surface area contributed by atoms with Crippen LogP contribution in [0.1, 0.15) is 35.2 Å². The molecule has 0 aliphatic carbocycles. The number of sulfonamides is 1. The number of para-hydroxylation sites is 1. The number of carbonyl (C=O) groups is 2. The second-order valence-corrected chi connectivity index (χ2v) is 9.22. The number of nitrogens with one attached hydrogen (secondary N) is 3. The number of carbonyl (C=O) groups excluding carboxylic acids is 2. The molecule has 3 aromatic rings. The van der Waals surface area contributed by atoms with Crippen LogP contribution in [-0.4, -0.2) is 20.2 Å². The van der Waals surface area contributed by atoms with Crippen molar-refractivity contribution in [3.63, 3.8) is 0 Å². The van der Waals surface area contributed by atoms with Crippen molar-refractivity contribution in [1.29, 1.82) is 0 Å². The van der Waals surface area contributed by atoms with E-state index in [1.54, 1.807) is 18.2 Å². The maximum Gasteiger partial charge on any atom is 0.269 e. The molecular formula is C23H22ClN3O4S. The minimum atomic E-state index is -3.97. The number of benzene rings is 3. The molecule has 7 nitrogen and oxygen atoms in total. The van der Waals surface area contributed by atoms with Crippen molar-refractivity contribution in [2.24, 2.45) is 0 Å². The van der Waals surface area contributed by atoms with Crippen LogP contribution in [0.25, 0.3) is 0 Å². The van der Waals surface area contributed by atoms with E-state index in [1.165, 1.54) is 30.3 Å². The Balaban J connectivity index is 1.62. The van der Waals surface area contributed by atoms with Crippen molar-refractivity contribution in [3.8, 4) is 0 Å². The Labute approximate surface area is 191 Å². The van der Waals surface area contributed by atoms with Crippen LogP contribution < -0.4 is 15.6 Å². The van der Waals surface area contributed by atoms with Crippen molar-refractivity contribution in [1.82, 2.24) is 10.9 Å². The van der Waals surface area contributed by atoms with Gasteiger partial charge < -0.3 is 0 Å². The largest absolute Gasteiger partial charge is 0.278 e. The Bertz CT molecular complexity index is 1220. The number of halogens is 1. The molecule has 0 aliphatic rings. The van der Waals surface area contributed by atoms with Crippen molar-refractivity contribution in [2.45, 2.75) is 24.2 Å². The number of hydrogen-bond donors (Lipinski definition) is 3. The smallest absolute Gasteiger partial charge is 0.269 e. The molecule has 1 atom stereocenters. The molecule has 9 heteroatoms. The molecule has 0 saturated heterocycles. The van der Waals surface area contributed by atoms with Crippen molar-refractivity contribution in [2.75, 3.05) is 4.72 Å². The lowest BCUT2D eigenvalue weighted by atomic mass is 9.98. The topological polar surface area (TPSA) is 104 Å². The third kappa shape index (κ3) is 6.09. The van der Waals surface area contributed by atoms with Gasteiger partial charge in [-0.15, -0.1) is 0 Å². The van der Waals surface area contributed by atoms with Crippen LogP contribution in [0.4, 0.5) is 5.69 Å². The van der Waals surface area contributed by atoms with E-state index in [4.69, 9.17) is 11.6 Å². The maximum atomic E-state index is 12.7. The SMILES string of the molecule is CC(CC(=O)NNC(=O)c1cccc(S(=O)(=O)Nc2ccccc2Cl)c1)c1ccccc1. The fourth-order valence-electron chi connectivity index (χ4n) is 2.98. The van der Waals surface area contributed by atoms with Gasteiger partial charge in [-0.05, 0) is 41.8 Å². The highest BCUT2D eigenvalue weighted by Gasteiger charge is 2.18. The second kappa shape index (κ2) is 10.3. The molecule has 0 saturated carbocycles. The van der Waals surface area contributed by atoms with Gasteiger partial charge in [0, 0.05) is 12.0 Å². The zero-order valence-corrected chi connectivity index (χ0v) is 18.8. The molecule has 3 rings (SSSR count). The summed E-state index contributed by atoms with van der Waals surface area (Å²) in [7, 11) is -3.97. The maximum absolute atomic E-state index is 12.7. The quantitative estimate of drug-likeness (QED) is 0.451. The Hall–Kier alpha value is -3.36. The number of hydrazine groups is 1. The van der Waals surface area contributed by atoms with E-state index >= 15 is 0 Å². The molecule has 2 amide bonds. The first-order valence-electron chi connectivity index (χ1n) is 9.78. The van der Waals surface area contributed by atoms with Gasteiger partial charge in [0.2, 0.25) is 5.91 Å². The van der Waals surface area contributed by atoms with Gasteiger partial charge in [0.05, 0.1) is 15.6 Å². The summed E-state index contributed by atoms with van der Waals surface area (Å²) in [5.41, 5.74) is 5.99. The molecule has 0 fully saturated rings. The van der Waals surface area contributed by atoms with Crippen LogP contribution in [0.2, 0.25) is 5.02 Å². The van der Waals surface area contributed by atoms with Crippen LogP contribution >= 0.6 is 11.6 Å². The van der Waals surface area contributed by atoms with Crippen LogP contribution in [0.15, 0.2) is 83.8 Å². The van der Waals surface area contributed by atoms with E-state index in [2.05, 4.69) is 15.6 Å². The average Bonchev–Trinajstić information content (AvgIpc) is 2.79. The van der Waals surface area contributed by atoms with Crippen molar-refractivity contribution >= 4 is 39.1 Å². The van der Waals surface area contributed by atoms with Gasteiger partial charge in [-0.25, -0.2) is 8.42 Å². The van der Waals surface area contributed by atoms with Crippen LogP contribution in [-0.2, 0) is 14.8 Å². The Morgan fingerprint density at radius 1 is 0.906 bits per heavy atom. The minimum Gasteiger partial charge on any atom is -0.278 e. The van der Waals surface area contributed by atoms with Crippen LogP contribution in [0.3, 0.4) is 0 Å². The molecule has 0 aromatic heterocycles. The average molecular weight is 472 g/mol. The fourth-order valence-corrected chi connectivity index (χ4v) is 4.34. The summed E-state index contributed by atoms with van der Waals surface area (Å²) >= 11 is 6.01. The van der Waals surface area contributed by atoms with Crippen molar-refractivity contribution in [3.05, 3.63) is 95.0 Å². The van der Waals surface area contributed by atoms with Gasteiger partial charge in [0.1, 0.15) is 0 Å². The summed E-state index contributed by atoms with van der Waals surface area (Å²) in [5, 5.41) is 0.248. The normalized spacial score (nSPS) is 11.9. The van der Waals surface area contributed by atoms with E-state index in [9.17, 15) is 18.0 Å². The highest BCUT2D eigenvalue weighted by Crippen LogP contribution is 2.24. The molecule has 0 radical (unpaired) electrons. The van der Waals surface area contributed by atoms with E-state index in [-0.39, 0.29) is 39.4 Å². The first-order valence-corrected chi connectivity index (χ1v) is 11.6. The zero-order chi connectivity index (χ0) is 23.1. The van der Waals surface area contributed by atoms with E-state index in [1.807, 2.05) is 37.3 Å². The van der Waals surface area contributed by atoms with Gasteiger partial charge in [-0.3, -0.25) is 25.2 Å². The van der Waals surface area contributed by atoms with Gasteiger partial charge in [0.15, 0.2) is 0 Å². The molecule has 3 aromatic carbocycles. The predicted molar refractivity (Wildman–Crippen MR) is 124 cm³/mol. The number of amides is 2. The Morgan fingerprint density at radius 3 is 2.31 bits per heavy atom. The minimum absolute atomic E-state index is 0.0301. The zero-order valence-electron chi connectivity index (χ0n) is 17.2. The highest BCUT2D eigenvalue weighted by molar-refractivity contribution is 7.92. The molecule has 0 aliphatic heterocycles. The molecule has 166 valence electrons. The summed E-state index contributed by atoms with van der Waals surface area (Å²) in [4.78, 5) is 24.5. The lowest BCUT2D eigenvalue weighted by molar-refractivity contribution is -0.122. The lowest BCUT2D eigenvalue weighted by Gasteiger charge is -2.13. The second-order valence-electron chi connectivity index (χ2n) is 7.13. The molecule has 0 bridgehead atoms. The third-order valence-electron chi connectivity index (χ3n) is 4.70. The summed E-state index contributed by atoms with van der Waals surface area (Å²) in [5.74, 6) is -1.03. The summed E-state index contributed by atoms with van der Waals surface area (Å²) in [6, 6.07) is 21.4. The summed E-state index contributed by atoms with van der Waals surface area (Å²) < 4.78 is 27.8. The summed E-state index contributed by atoms with van der Waals surface area (Å²) in [6.07, 6.45) is 0.181. The van der Waals surface area contributed by atoms with E-state index in [0.29, 0.717) is 0 Å². The monoisotopic (exact) mass is 471 g/mol. The molecule has 1 unspecified atom stereocenters. The van der Waals surface area contributed by atoms with E-state index in [0.717, 1.165) is 5.56 Å². The number of rotatable bonds is 7. The van der Waals surface area contributed by atoms with Crippen LogP contribution in [0.5, 0.6) is 0 Å². The Morgan fingerprint density at radius 2 is 1.59 bits per heavy atom. The van der Waals surface area contributed by atoms with E-state index < -0.39 is 15.9 Å². The molecule has 3 N–H and O–H groups in total. The number of anilines is 1. The highest BCUT2D eigenvalue weighted by atomic mass is 35.5. The fraction of sp³-hybridized carbons (Fsp3) is 0.130. The lowest BCUT2D eigenvalue weighted by Crippen LogP contribution is -2.42.